The number of nitro groups is 1. The van der Waals surface area contributed by atoms with Crippen molar-refractivity contribution in [3.05, 3.63) is 79.4 Å². The maximum Gasteiger partial charge on any atom is 0.341 e. The molecule has 7 nitrogen and oxygen atoms in total. The van der Waals surface area contributed by atoms with Crippen LogP contribution < -0.4 is 5.32 Å². The zero-order valence-electron chi connectivity index (χ0n) is 17.1. The van der Waals surface area contributed by atoms with Crippen LogP contribution in [0.4, 0.5) is 15.1 Å². The third-order valence-electron chi connectivity index (χ3n) is 4.49. The summed E-state index contributed by atoms with van der Waals surface area (Å²) < 4.78 is 18.7. The lowest BCUT2D eigenvalue weighted by atomic mass is 10.0. The van der Waals surface area contributed by atoms with Crippen molar-refractivity contribution in [2.24, 2.45) is 0 Å². The van der Waals surface area contributed by atoms with Crippen LogP contribution in [0.15, 0.2) is 42.5 Å². The number of nitrogens with one attached hydrogen (secondary N) is 1. The maximum atomic E-state index is 13.4. The second kappa shape index (κ2) is 9.88. The van der Waals surface area contributed by atoms with E-state index in [-0.39, 0.29) is 33.4 Å². The molecule has 1 heterocycles. The third kappa shape index (κ3) is 4.95. The predicted octanol–water partition coefficient (Wildman–Crippen LogP) is 6.24. The Bertz CT molecular complexity index is 1190. The normalized spacial score (nSPS) is 10.6. The van der Waals surface area contributed by atoms with Crippen LogP contribution in [-0.2, 0) is 4.74 Å². The molecule has 0 aliphatic heterocycles. The number of carbonyl (C=O) groups is 2. The molecule has 0 fully saturated rings. The number of anilines is 1. The fourth-order valence-electron chi connectivity index (χ4n) is 3.03. The molecular formula is C22H18ClFN2O5S. The molecule has 0 unspecified atom stereocenters. The number of rotatable bonds is 7. The smallest absolute Gasteiger partial charge is 0.341 e. The molecule has 1 aromatic heterocycles. The summed E-state index contributed by atoms with van der Waals surface area (Å²) in [6.07, 6.45) is 0.603. The zero-order chi connectivity index (χ0) is 23.4. The summed E-state index contributed by atoms with van der Waals surface area (Å²) in [6.45, 7) is 3.79. The van der Waals surface area contributed by atoms with Crippen LogP contribution in [-0.4, -0.2) is 23.4 Å². The summed E-state index contributed by atoms with van der Waals surface area (Å²) >= 11 is 7.21. The molecule has 0 aliphatic rings. The molecule has 1 N–H and O–H groups in total. The molecule has 0 spiro atoms. The lowest BCUT2D eigenvalue weighted by molar-refractivity contribution is -0.384. The number of halogens is 2. The minimum Gasteiger partial charge on any atom is -0.462 e. The Hall–Kier alpha value is -3.30. The van der Waals surface area contributed by atoms with Crippen LogP contribution in [0.1, 0.15) is 38.9 Å². The average molecular weight is 477 g/mol. The van der Waals surface area contributed by atoms with E-state index in [4.69, 9.17) is 16.3 Å². The maximum absolute atomic E-state index is 13.4. The number of carbonyl (C=O) groups excluding carboxylic acids is 2. The van der Waals surface area contributed by atoms with Crippen LogP contribution in [0.3, 0.4) is 0 Å². The number of aryl methyl sites for hydroxylation is 1. The van der Waals surface area contributed by atoms with Crippen molar-refractivity contribution in [3.63, 3.8) is 0 Å². The van der Waals surface area contributed by atoms with E-state index in [0.717, 1.165) is 17.4 Å². The topological polar surface area (TPSA) is 98.5 Å². The number of non-ortho nitro benzene ring substituents is 1. The van der Waals surface area contributed by atoms with Crippen molar-refractivity contribution in [2.75, 3.05) is 11.9 Å². The number of amides is 1. The zero-order valence-corrected chi connectivity index (χ0v) is 18.7. The fraction of sp³-hybridized carbons (Fsp3) is 0.182. The number of benzene rings is 2. The van der Waals surface area contributed by atoms with Crippen LogP contribution in [0.2, 0.25) is 5.02 Å². The van der Waals surface area contributed by atoms with Gasteiger partial charge in [-0.2, -0.15) is 0 Å². The second-order valence-corrected chi connectivity index (χ2v) is 8.39. The average Bonchev–Trinajstić information content (AvgIpc) is 3.08. The highest BCUT2D eigenvalue weighted by atomic mass is 35.5. The molecule has 0 saturated heterocycles. The summed E-state index contributed by atoms with van der Waals surface area (Å²) in [7, 11) is 0. The van der Waals surface area contributed by atoms with Gasteiger partial charge in [-0.05, 0) is 37.1 Å². The van der Waals surface area contributed by atoms with Crippen molar-refractivity contribution in [1.29, 1.82) is 0 Å². The van der Waals surface area contributed by atoms with E-state index in [9.17, 15) is 24.1 Å². The van der Waals surface area contributed by atoms with Gasteiger partial charge in [0.1, 0.15) is 16.4 Å². The Balaban J connectivity index is 2.06. The van der Waals surface area contributed by atoms with E-state index >= 15 is 0 Å². The van der Waals surface area contributed by atoms with Gasteiger partial charge in [-0.3, -0.25) is 14.9 Å². The summed E-state index contributed by atoms with van der Waals surface area (Å²) in [6, 6.07) is 9.12. The van der Waals surface area contributed by atoms with Gasteiger partial charge in [0.25, 0.3) is 11.6 Å². The fourth-order valence-corrected chi connectivity index (χ4v) is 4.29. The minimum absolute atomic E-state index is 0.0234. The second-order valence-electron chi connectivity index (χ2n) is 6.76. The van der Waals surface area contributed by atoms with Gasteiger partial charge in [0.05, 0.1) is 22.1 Å². The highest BCUT2D eigenvalue weighted by Gasteiger charge is 2.27. The van der Waals surface area contributed by atoms with Gasteiger partial charge in [0.15, 0.2) is 0 Å². The van der Waals surface area contributed by atoms with Crippen LogP contribution in [0, 0.1) is 22.9 Å². The largest absolute Gasteiger partial charge is 0.462 e. The number of nitro benzene ring substituents is 1. The first-order valence-electron chi connectivity index (χ1n) is 9.54. The van der Waals surface area contributed by atoms with Gasteiger partial charge in [-0.1, -0.05) is 30.7 Å². The lowest BCUT2D eigenvalue weighted by Crippen LogP contribution is -2.15. The van der Waals surface area contributed by atoms with Gasteiger partial charge >= 0.3 is 5.97 Å². The molecule has 0 atom stereocenters. The summed E-state index contributed by atoms with van der Waals surface area (Å²) in [5.74, 6) is -1.78. The molecular weight excluding hydrogens is 459 g/mol. The quantitative estimate of drug-likeness (QED) is 0.247. The van der Waals surface area contributed by atoms with Crippen molar-refractivity contribution in [1.82, 2.24) is 0 Å². The minimum atomic E-state index is -0.713. The highest BCUT2D eigenvalue weighted by Crippen LogP contribution is 2.41. The van der Waals surface area contributed by atoms with Crippen molar-refractivity contribution >= 4 is 45.5 Å². The molecule has 0 aliphatic carbocycles. The molecule has 1 amide bonds. The van der Waals surface area contributed by atoms with Gasteiger partial charge in [0, 0.05) is 22.6 Å². The number of hydrogen-bond acceptors (Lipinski definition) is 6. The summed E-state index contributed by atoms with van der Waals surface area (Å²) in [5.41, 5.74) is 0.816. The van der Waals surface area contributed by atoms with Gasteiger partial charge in [-0.25, -0.2) is 9.18 Å². The molecule has 32 heavy (non-hydrogen) atoms. The number of hydrogen-bond donors (Lipinski definition) is 1. The lowest BCUT2D eigenvalue weighted by Gasteiger charge is -2.10. The van der Waals surface area contributed by atoms with Crippen LogP contribution >= 0.6 is 22.9 Å². The Labute approximate surface area is 191 Å². The standard InChI is InChI=1S/C22H18ClFN2O5S/c1-3-10-31-22(28)19-18(13-4-6-14(24)7-5-13)12(2)32-21(19)25-20(27)16-11-15(26(29)30)8-9-17(16)23/h4-9,11H,3,10H2,1-2H3,(H,25,27). The van der Waals surface area contributed by atoms with E-state index < -0.39 is 22.6 Å². The van der Waals surface area contributed by atoms with E-state index in [1.807, 2.05) is 6.92 Å². The highest BCUT2D eigenvalue weighted by molar-refractivity contribution is 7.17. The Morgan fingerprint density at radius 1 is 1.22 bits per heavy atom. The van der Waals surface area contributed by atoms with Gasteiger partial charge in [-0.15, -0.1) is 11.3 Å². The predicted molar refractivity (Wildman–Crippen MR) is 121 cm³/mol. The Morgan fingerprint density at radius 3 is 2.53 bits per heavy atom. The molecule has 0 radical (unpaired) electrons. The molecule has 3 rings (SSSR count). The van der Waals surface area contributed by atoms with E-state index in [0.29, 0.717) is 22.4 Å². The van der Waals surface area contributed by atoms with E-state index in [1.165, 1.54) is 36.4 Å². The third-order valence-corrected chi connectivity index (χ3v) is 5.84. The van der Waals surface area contributed by atoms with Crippen molar-refractivity contribution in [3.8, 4) is 11.1 Å². The van der Waals surface area contributed by atoms with Gasteiger partial charge < -0.3 is 10.1 Å². The number of nitrogens with zero attached hydrogens (tertiary/aromatic N) is 1. The molecule has 0 bridgehead atoms. The molecule has 0 saturated carbocycles. The van der Waals surface area contributed by atoms with Crippen molar-refractivity contribution in [2.45, 2.75) is 20.3 Å². The first-order chi connectivity index (χ1) is 15.2. The van der Waals surface area contributed by atoms with E-state index in [1.54, 1.807) is 6.92 Å². The molecule has 2 aromatic carbocycles. The molecule has 166 valence electrons. The Kier molecular flexibility index (Phi) is 7.22. The number of ether oxygens (including phenoxy) is 1. The molecule has 10 heteroatoms. The Morgan fingerprint density at radius 2 is 1.91 bits per heavy atom. The first-order valence-corrected chi connectivity index (χ1v) is 10.7. The monoisotopic (exact) mass is 476 g/mol. The summed E-state index contributed by atoms with van der Waals surface area (Å²) in [4.78, 5) is 36.9. The first kappa shape index (κ1) is 23.4. The molecule has 3 aromatic rings. The van der Waals surface area contributed by atoms with E-state index in [2.05, 4.69) is 5.32 Å². The summed E-state index contributed by atoms with van der Waals surface area (Å²) in [5, 5.41) is 13.9. The van der Waals surface area contributed by atoms with Crippen LogP contribution in [0.5, 0.6) is 0 Å². The number of esters is 1. The van der Waals surface area contributed by atoms with Crippen LogP contribution in [0.25, 0.3) is 11.1 Å². The number of thiophene rings is 1. The SMILES string of the molecule is CCCOC(=O)c1c(NC(=O)c2cc([N+](=O)[O-])ccc2Cl)sc(C)c1-c1ccc(F)cc1. The van der Waals surface area contributed by atoms with Gasteiger partial charge in [0.2, 0.25) is 0 Å². The van der Waals surface area contributed by atoms with Crippen molar-refractivity contribution < 1.29 is 23.6 Å².